The average molecular weight is 209 g/mol. The van der Waals surface area contributed by atoms with E-state index < -0.39 is 0 Å². The number of aryl methyl sites for hydroxylation is 2. The summed E-state index contributed by atoms with van der Waals surface area (Å²) in [6, 6.07) is 6.29. The molecule has 0 radical (unpaired) electrons. The number of ether oxygens (including phenoxy) is 1. The summed E-state index contributed by atoms with van der Waals surface area (Å²) in [5.74, 6) is 0. The van der Waals surface area contributed by atoms with Crippen molar-refractivity contribution >= 4 is 0 Å². The fraction of sp³-hybridized carbons (Fsp3) is 0.500. The molecule has 0 aromatic heterocycles. The number of hydrogen-bond acceptors (Lipinski definition) is 3. The lowest BCUT2D eigenvalue weighted by atomic mass is 10.0. The van der Waals surface area contributed by atoms with E-state index in [4.69, 9.17) is 9.57 Å². The molecular formula is C12H19NO2. The van der Waals surface area contributed by atoms with Gasteiger partial charge in [0.2, 0.25) is 0 Å². The molecule has 1 N–H and O–H groups in total. The number of nitrogens with one attached hydrogen (secondary N) is 1. The summed E-state index contributed by atoms with van der Waals surface area (Å²) in [4.78, 5) is 5.21. The number of methoxy groups -OCH3 is 1. The molecule has 3 heteroatoms. The normalized spacial score (nSPS) is 10.6. The largest absolute Gasteiger partial charge is 0.382 e. The Labute approximate surface area is 91.4 Å². The third-order valence-electron chi connectivity index (χ3n) is 2.38. The fourth-order valence-electron chi connectivity index (χ4n) is 1.45. The molecule has 1 aromatic rings. The first kappa shape index (κ1) is 12.2. The Balaban J connectivity index is 2.37. The monoisotopic (exact) mass is 209 g/mol. The zero-order valence-corrected chi connectivity index (χ0v) is 9.67. The van der Waals surface area contributed by atoms with Crippen LogP contribution in [-0.2, 0) is 16.1 Å². The predicted molar refractivity (Wildman–Crippen MR) is 60.6 cm³/mol. The van der Waals surface area contributed by atoms with Crippen molar-refractivity contribution in [3.63, 3.8) is 0 Å². The van der Waals surface area contributed by atoms with Gasteiger partial charge in [-0.25, -0.2) is 0 Å². The lowest BCUT2D eigenvalue weighted by molar-refractivity contribution is 0.00332. The average Bonchev–Trinajstić information content (AvgIpc) is 2.21. The van der Waals surface area contributed by atoms with Gasteiger partial charge >= 0.3 is 0 Å². The van der Waals surface area contributed by atoms with E-state index in [1.54, 1.807) is 7.11 Å². The Hall–Kier alpha value is -0.900. The minimum absolute atomic E-state index is 0.571. The second kappa shape index (κ2) is 6.56. The summed E-state index contributed by atoms with van der Waals surface area (Å²) in [5.41, 5.74) is 6.82. The number of rotatable bonds is 6. The van der Waals surface area contributed by atoms with Gasteiger partial charge in [0.05, 0.1) is 13.2 Å². The summed E-state index contributed by atoms with van der Waals surface area (Å²) < 4.78 is 4.88. The van der Waals surface area contributed by atoms with Gasteiger partial charge in [0.25, 0.3) is 0 Å². The van der Waals surface area contributed by atoms with Gasteiger partial charge in [-0.1, -0.05) is 18.2 Å². The van der Waals surface area contributed by atoms with E-state index in [0.717, 1.165) is 6.54 Å². The minimum Gasteiger partial charge on any atom is -0.382 e. The lowest BCUT2D eigenvalue weighted by Crippen LogP contribution is -2.18. The maximum Gasteiger partial charge on any atom is 0.0916 e. The molecule has 1 aromatic carbocycles. The summed E-state index contributed by atoms with van der Waals surface area (Å²) in [6.07, 6.45) is 0. The molecule has 0 saturated carbocycles. The van der Waals surface area contributed by atoms with Gasteiger partial charge in [-0.15, -0.1) is 0 Å². The highest BCUT2D eigenvalue weighted by Crippen LogP contribution is 2.12. The maximum absolute atomic E-state index is 5.21. The molecule has 0 spiro atoms. The Bertz CT molecular complexity index is 279. The molecule has 3 nitrogen and oxygen atoms in total. The van der Waals surface area contributed by atoms with Gasteiger partial charge in [-0.05, 0) is 30.5 Å². The molecule has 0 aliphatic carbocycles. The van der Waals surface area contributed by atoms with E-state index in [9.17, 15) is 0 Å². The Morgan fingerprint density at radius 2 is 1.80 bits per heavy atom. The van der Waals surface area contributed by atoms with Crippen molar-refractivity contribution in [2.75, 3.05) is 20.3 Å². The molecule has 1 rings (SSSR count). The van der Waals surface area contributed by atoms with Gasteiger partial charge in [-0.2, -0.15) is 5.48 Å². The summed E-state index contributed by atoms with van der Waals surface area (Å²) >= 11 is 0. The molecule has 0 unspecified atom stereocenters. The van der Waals surface area contributed by atoms with Gasteiger partial charge in [0, 0.05) is 13.7 Å². The molecule has 84 valence electrons. The van der Waals surface area contributed by atoms with Gasteiger partial charge in [0.1, 0.15) is 0 Å². The van der Waals surface area contributed by atoms with Gasteiger partial charge < -0.3 is 4.74 Å². The smallest absolute Gasteiger partial charge is 0.0916 e. The summed E-state index contributed by atoms with van der Waals surface area (Å²) in [6.45, 7) is 6.14. The van der Waals surface area contributed by atoms with Crippen molar-refractivity contribution < 1.29 is 9.57 Å². The van der Waals surface area contributed by atoms with Crippen molar-refractivity contribution in [2.24, 2.45) is 0 Å². The first-order valence-electron chi connectivity index (χ1n) is 5.14. The first-order valence-corrected chi connectivity index (χ1v) is 5.14. The molecule has 0 aliphatic heterocycles. The van der Waals surface area contributed by atoms with Crippen LogP contribution in [0, 0.1) is 13.8 Å². The van der Waals surface area contributed by atoms with E-state index in [0.29, 0.717) is 13.2 Å². The van der Waals surface area contributed by atoms with Crippen molar-refractivity contribution in [3.05, 3.63) is 34.9 Å². The van der Waals surface area contributed by atoms with E-state index in [1.165, 1.54) is 16.7 Å². The maximum atomic E-state index is 5.21. The predicted octanol–water partition coefficient (Wildman–Crippen LogP) is 1.97. The van der Waals surface area contributed by atoms with Crippen LogP contribution < -0.4 is 5.48 Å². The van der Waals surface area contributed by atoms with Crippen LogP contribution >= 0.6 is 0 Å². The molecule has 0 atom stereocenters. The second-order valence-corrected chi connectivity index (χ2v) is 3.53. The Kier molecular flexibility index (Phi) is 5.32. The molecule has 0 aliphatic rings. The highest BCUT2D eigenvalue weighted by molar-refractivity contribution is 5.33. The van der Waals surface area contributed by atoms with Crippen LogP contribution in [0.2, 0.25) is 0 Å². The zero-order valence-electron chi connectivity index (χ0n) is 9.67. The van der Waals surface area contributed by atoms with Crippen LogP contribution in [-0.4, -0.2) is 20.3 Å². The highest BCUT2D eigenvalue weighted by Gasteiger charge is 2.00. The van der Waals surface area contributed by atoms with Crippen molar-refractivity contribution in [2.45, 2.75) is 20.4 Å². The van der Waals surface area contributed by atoms with Crippen LogP contribution in [0.4, 0.5) is 0 Å². The molecule has 0 saturated heterocycles. The first-order chi connectivity index (χ1) is 7.25. The zero-order chi connectivity index (χ0) is 11.1. The van der Waals surface area contributed by atoms with E-state index in [-0.39, 0.29) is 0 Å². The van der Waals surface area contributed by atoms with Crippen LogP contribution in [0.25, 0.3) is 0 Å². The third-order valence-corrected chi connectivity index (χ3v) is 2.38. The topological polar surface area (TPSA) is 30.5 Å². The fourth-order valence-corrected chi connectivity index (χ4v) is 1.45. The van der Waals surface area contributed by atoms with Crippen LogP contribution in [0.1, 0.15) is 16.7 Å². The summed E-state index contributed by atoms with van der Waals surface area (Å²) in [7, 11) is 1.66. The van der Waals surface area contributed by atoms with Gasteiger partial charge in [-0.3, -0.25) is 4.84 Å². The lowest BCUT2D eigenvalue weighted by Gasteiger charge is -2.10. The highest BCUT2D eigenvalue weighted by atomic mass is 16.7. The molecule has 0 amide bonds. The van der Waals surface area contributed by atoms with Crippen molar-refractivity contribution in [3.8, 4) is 0 Å². The molecule has 15 heavy (non-hydrogen) atoms. The SMILES string of the molecule is COCCONCc1c(C)cccc1C. The molecule has 0 heterocycles. The number of hydroxylamine groups is 1. The van der Waals surface area contributed by atoms with Crippen LogP contribution in [0.3, 0.4) is 0 Å². The third kappa shape index (κ3) is 4.00. The Morgan fingerprint density at radius 3 is 2.40 bits per heavy atom. The van der Waals surface area contributed by atoms with E-state index in [2.05, 4.69) is 37.5 Å². The molecular weight excluding hydrogens is 190 g/mol. The van der Waals surface area contributed by atoms with Crippen LogP contribution in [0.15, 0.2) is 18.2 Å². The summed E-state index contributed by atoms with van der Waals surface area (Å²) in [5, 5.41) is 0. The number of benzene rings is 1. The van der Waals surface area contributed by atoms with Crippen molar-refractivity contribution in [1.82, 2.24) is 5.48 Å². The van der Waals surface area contributed by atoms with Gasteiger partial charge in [0.15, 0.2) is 0 Å². The van der Waals surface area contributed by atoms with Crippen LogP contribution in [0.5, 0.6) is 0 Å². The molecule has 0 bridgehead atoms. The Morgan fingerprint density at radius 1 is 1.13 bits per heavy atom. The molecule has 0 fully saturated rings. The number of hydrogen-bond donors (Lipinski definition) is 1. The quantitative estimate of drug-likeness (QED) is 0.574. The van der Waals surface area contributed by atoms with E-state index >= 15 is 0 Å². The second-order valence-electron chi connectivity index (χ2n) is 3.53. The van der Waals surface area contributed by atoms with E-state index in [1.807, 2.05) is 0 Å². The standard InChI is InChI=1S/C12H19NO2/c1-10-5-4-6-11(2)12(10)9-13-15-8-7-14-3/h4-6,13H,7-9H2,1-3H3. The van der Waals surface area contributed by atoms with Crippen molar-refractivity contribution in [1.29, 1.82) is 0 Å². The minimum atomic E-state index is 0.571.